The Morgan fingerprint density at radius 2 is 1.86 bits per heavy atom. The third kappa shape index (κ3) is 2.74. The topological polar surface area (TPSA) is 85.2 Å². The van der Waals surface area contributed by atoms with Gasteiger partial charge in [0.2, 0.25) is 12.6 Å². The summed E-state index contributed by atoms with van der Waals surface area (Å²) in [6.45, 7) is 1.62. The molecule has 2 amide bonds. The number of pyridine rings is 1. The summed E-state index contributed by atoms with van der Waals surface area (Å²) in [7, 11) is 0. The fourth-order valence-corrected chi connectivity index (χ4v) is 3.59. The lowest BCUT2D eigenvalue weighted by Crippen LogP contribution is -2.28. The molecule has 1 aromatic carbocycles. The first-order valence-corrected chi connectivity index (χ1v) is 9.18. The van der Waals surface area contributed by atoms with Gasteiger partial charge in [-0.05, 0) is 37.1 Å². The molecule has 0 radical (unpaired) electrons. The molecule has 0 bridgehead atoms. The molecule has 2 aliphatic heterocycles. The van der Waals surface area contributed by atoms with Crippen LogP contribution in [0.4, 0.5) is 5.69 Å². The molecule has 2 aliphatic rings. The number of nitrogens with zero attached hydrogens (tertiary/aromatic N) is 3. The van der Waals surface area contributed by atoms with Gasteiger partial charge in [-0.1, -0.05) is 6.07 Å². The van der Waals surface area contributed by atoms with Crippen LogP contribution in [-0.2, 0) is 0 Å². The average Bonchev–Trinajstić information content (AvgIpc) is 3.46. The summed E-state index contributed by atoms with van der Waals surface area (Å²) < 4.78 is 12.3. The number of carbonyl (C=O) groups is 2. The van der Waals surface area contributed by atoms with Gasteiger partial charge in [-0.3, -0.25) is 14.0 Å². The standard InChI is InChI=1S/C20H18N4O4/c25-19(21-13-6-7-15-16(11-13)28-12-27-15)18-22-17(14-5-1-2-10-24(14)18)20(26)23-8-3-4-9-23/h1-2,5-7,10-11H,3-4,8-9,12H2,(H,21,25). The molecule has 3 aromatic rings. The van der Waals surface area contributed by atoms with Gasteiger partial charge in [0.1, 0.15) is 0 Å². The summed E-state index contributed by atoms with van der Waals surface area (Å²) in [5.41, 5.74) is 1.49. The lowest BCUT2D eigenvalue weighted by atomic mass is 10.2. The molecule has 8 heteroatoms. The molecule has 5 rings (SSSR count). The van der Waals surface area contributed by atoms with Crippen molar-refractivity contribution in [3.63, 3.8) is 0 Å². The number of likely N-dealkylation sites (tertiary alicyclic amines) is 1. The fraction of sp³-hybridized carbons (Fsp3) is 0.250. The van der Waals surface area contributed by atoms with E-state index in [-0.39, 0.29) is 18.5 Å². The summed E-state index contributed by atoms with van der Waals surface area (Å²) in [6.07, 6.45) is 3.72. The first-order chi connectivity index (χ1) is 13.7. The number of imidazole rings is 1. The number of hydrogen-bond acceptors (Lipinski definition) is 5. The largest absolute Gasteiger partial charge is 0.454 e. The van der Waals surface area contributed by atoms with Crippen molar-refractivity contribution in [2.45, 2.75) is 12.8 Å². The fourth-order valence-electron chi connectivity index (χ4n) is 3.59. The molecule has 28 heavy (non-hydrogen) atoms. The Hall–Kier alpha value is -3.55. The Bertz CT molecular complexity index is 1080. The molecule has 0 spiro atoms. The van der Waals surface area contributed by atoms with Crippen LogP contribution in [0.5, 0.6) is 11.5 Å². The number of aromatic nitrogens is 2. The number of amides is 2. The predicted octanol–water partition coefficient (Wildman–Crippen LogP) is 2.55. The van der Waals surface area contributed by atoms with Crippen molar-refractivity contribution in [1.82, 2.24) is 14.3 Å². The molecule has 0 saturated carbocycles. The van der Waals surface area contributed by atoms with Crippen molar-refractivity contribution in [3.8, 4) is 11.5 Å². The normalized spacial score (nSPS) is 15.2. The molecule has 0 aliphatic carbocycles. The predicted molar refractivity (Wildman–Crippen MR) is 101 cm³/mol. The number of nitrogens with one attached hydrogen (secondary N) is 1. The molecule has 0 unspecified atom stereocenters. The van der Waals surface area contributed by atoms with Crippen molar-refractivity contribution in [1.29, 1.82) is 0 Å². The third-order valence-electron chi connectivity index (χ3n) is 4.98. The second-order valence-electron chi connectivity index (χ2n) is 6.76. The minimum atomic E-state index is -0.402. The second-order valence-corrected chi connectivity index (χ2v) is 6.76. The molecular formula is C20H18N4O4. The Kier molecular flexibility index (Phi) is 3.89. The first kappa shape index (κ1) is 16.6. The minimum Gasteiger partial charge on any atom is -0.454 e. The van der Waals surface area contributed by atoms with E-state index in [9.17, 15) is 9.59 Å². The number of rotatable bonds is 3. The minimum absolute atomic E-state index is 0.136. The maximum absolute atomic E-state index is 12.9. The Morgan fingerprint density at radius 1 is 1.04 bits per heavy atom. The highest BCUT2D eigenvalue weighted by Crippen LogP contribution is 2.34. The molecule has 0 atom stereocenters. The quantitative estimate of drug-likeness (QED) is 0.757. The van der Waals surface area contributed by atoms with Gasteiger partial charge in [0.05, 0.1) is 5.52 Å². The average molecular weight is 378 g/mol. The third-order valence-corrected chi connectivity index (χ3v) is 4.98. The molecule has 1 N–H and O–H groups in total. The maximum Gasteiger partial charge on any atom is 0.292 e. The van der Waals surface area contributed by atoms with Gasteiger partial charge in [-0.15, -0.1) is 0 Å². The van der Waals surface area contributed by atoms with Gasteiger partial charge in [0.25, 0.3) is 11.8 Å². The van der Waals surface area contributed by atoms with E-state index >= 15 is 0 Å². The number of hydrogen-bond donors (Lipinski definition) is 1. The summed E-state index contributed by atoms with van der Waals surface area (Å²) in [5.74, 6) is 0.845. The van der Waals surface area contributed by atoms with Crippen LogP contribution in [0.3, 0.4) is 0 Å². The van der Waals surface area contributed by atoms with E-state index in [0.717, 1.165) is 25.9 Å². The highest BCUT2D eigenvalue weighted by atomic mass is 16.7. The lowest BCUT2D eigenvalue weighted by Gasteiger charge is -2.13. The number of carbonyl (C=O) groups excluding carboxylic acids is 2. The van der Waals surface area contributed by atoms with Gasteiger partial charge in [-0.2, -0.15) is 0 Å². The maximum atomic E-state index is 12.9. The van der Waals surface area contributed by atoms with Gasteiger partial charge < -0.3 is 19.7 Å². The van der Waals surface area contributed by atoms with Crippen molar-refractivity contribution < 1.29 is 19.1 Å². The molecular weight excluding hydrogens is 360 g/mol. The van der Waals surface area contributed by atoms with Crippen LogP contribution in [0.15, 0.2) is 42.6 Å². The molecule has 1 fully saturated rings. The first-order valence-electron chi connectivity index (χ1n) is 9.18. The van der Waals surface area contributed by atoms with Crippen molar-refractivity contribution in [2.24, 2.45) is 0 Å². The molecule has 8 nitrogen and oxygen atoms in total. The highest BCUT2D eigenvalue weighted by Gasteiger charge is 2.27. The van der Waals surface area contributed by atoms with Gasteiger partial charge in [-0.25, -0.2) is 4.98 Å². The molecule has 142 valence electrons. The van der Waals surface area contributed by atoms with E-state index in [1.54, 1.807) is 45.8 Å². The van der Waals surface area contributed by atoms with E-state index < -0.39 is 5.91 Å². The van der Waals surface area contributed by atoms with Crippen LogP contribution < -0.4 is 14.8 Å². The Labute approximate surface area is 160 Å². The number of fused-ring (bicyclic) bond motifs is 2. The Morgan fingerprint density at radius 3 is 2.71 bits per heavy atom. The zero-order chi connectivity index (χ0) is 19.1. The smallest absolute Gasteiger partial charge is 0.292 e. The summed E-state index contributed by atoms with van der Waals surface area (Å²) in [5, 5.41) is 2.82. The van der Waals surface area contributed by atoms with Crippen molar-refractivity contribution in [3.05, 3.63) is 54.1 Å². The van der Waals surface area contributed by atoms with Gasteiger partial charge in [0, 0.05) is 31.0 Å². The number of anilines is 1. The zero-order valence-electron chi connectivity index (χ0n) is 15.1. The van der Waals surface area contributed by atoms with E-state index in [0.29, 0.717) is 28.4 Å². The van der Waals surface area contributed by atoms with E-state index in [1.165, 1.54) is 0 Å². The molecule has 4 heterocycles. The highest BCUT2D eigenvalue weighted by molar-refractivity contribution is 6.06. The van der Waals surface area contributed by atoms with Crippen LogP contribution in [0, 0.1) is 0 Å². The lowest BCUT2D eigenvalue weighted by molar-refractivity contribution is 0.0789. The summed E-state index contributed by atoms with van der Waals surface area (Å²) in [4.78, 5) is 32.0. The number of benzene rings is 1. The van der Waals surface area contributed by atoms with Crippen LogP contribution in [-0.4, -0.2) is 46.0 Å². The monoisotopic (exact) mass is 378 g/mol. The second kappa shape index (κ2) is 6.56. The number of ether oxygens (including phenoxy) is 2. The van der Waals surface area contributed by atoms with Gasteiger partial charge in [0.15, 0.2) is 17.2 Å². The molecule has 2 aromatic heterocycles. The Balaban J connectivity index is 1.48. The molecule has 1 saturated heterocycles. The van der Waals surface area contributed by atoms with Crippen LogP contribution in [0.1, 0.15) is 33.9 Å². The summed E-state index contributed by atoms with van der Waals surface area (Å²) >= 11 is 0. The van der Waals surface area contributed by atoms with Crippen LogP contribution in [0.25, 0.3) is 5.52 Å². The zero-order valence-corrected chi connectivity index (χ0v) is 15.1. The van der Waals surface area contributed by atoms with E-state index in [1.807, 2.05) is 6.07 Å². The van der Waals surface area contributed by atoms with E-state index in [4.69, 9.17) is 9.47 Å². The van der Waals surface area contributed by atoms with Crippen LogP contribution in [0.2, 0.25) is 0 Å². The van der Waals surface area contributed by atoms with Gasteiger partial charge >= 0.3 is 0 Å². The van der Waals surface area contributed by atoms with Crippen LogP contribution >= 0.6 is 0 Å². The SMILES string of the molecule is O=C(Nc1ccc2c(c1)OCO2)c1nc(C(=O)N2CCCC2)c2ccccn12. The van der Waals surface area contributed by atoms with E-state index in [2.05, 4.69) is 10.3 Å². The van der Waals surface area contributed by atoms with Crippen molar-refractivity contribution >= 4 is 23.0 Å². The summed E-state index contributed by atoms with van der Waals surface area (Å²) in [6, 6.07) is 10.6. The van der Waals surface area contributed by atoms with Crippen molar-refractivity contribution in [2.75, 3.05) is 25.2 Å².